The van der Waals surface area contributed by atoms with Gasteiger partial charge in [0.25, 0.3) is 5.91 Å². The first-order chi connectivity index (χ1) is 13.6. The summed E-state index contributed by atoms with van der Waals surface area (Å²) in [6, 6.07) is 6.18. The smallest absolute Gasteiger partial charge is 0.255 e. The summed E-state index contributed by atoms with van der Waals surface area (Å²) in [5, 5.41) is 5.65. The number of hydrogen-bond acceptors (Lipinski definition) is 3. The number of hydrogen-bond donors (Lipinski definition) is 0. The Bertz CT molecular complexity index is 1080. The molecular formula is C23H31N5O. The minimum absolute atomic E-state index is 0.0370. The fourth-order valence-electron chi connectivity index (χ4n) is 4.25. The zero-order chi connectivity index (χ0) is 21.1. The first-order valence-electron chi connectivity index (χ1n) is 10.5. The lowest BCUT2D eigenvalue weighted by atomic mass is 10.0. The van der Waals surface area contributed by atoms with Crippen molar-refractivity contribution in [3.63, 3.8) is 0 Å². The van der Waals surface area contributed by atoms with E-state index in [9.17, 15) is 4.79 Å². The minimum Gasteiger partial charge on any atom is -0.348 e. The van der Waals surface area contributed by atoms with Crippen molar-refractivity contribution >= 4 is 16.9 Å². The van der Waals surface area contributed by atoms with E-state index in [2.05, 4.69) is 64.4 Å². The van der Waals surface area contributed by atoms with E-state index in [0.717, 1.165) is 34.5 Å². The SMILES string of the molecule is Cc1nn(C(C)(C)C)c2nc(C(C)C)cc(C(=O)N3CCn4cccc4C3C)c12. The Morgan fingerprint density at radius 1 is 1.24 bits per heavy atom. The van der Waals surface area contributed by atoms with Crippen LogP contribution < -0.4 is 0 Å². The van der Waals surface area contributed by atoms with Gasteiger partial charge in [-0.25, -0.2) is 9.67 Å². The topological polar surface area (TPSA) is 56.0 Å². The lowest BCUT2D eigenvalue weighted by Gasteiger charge is -2.35. The minimum atomic E-state index is -0.214. The standard InChI is InChI=1S/C23H31N5O/c1-14(2)18-13-17(20-15(3)25-28(21(20)24-18)23(5,6)7)22(29)27-12-11-26-10-8-9-19(26)16(27)4/h8-10,13-14,16H,11-12H2,1-7H3. The molecule has 6 nitrogen and oxygen atoms in total. The van der Waals surface area contributed by atoms with Crippen molar-refractivity contribution in [3.8, 4) is 0 Å². The van der Waals surface area contributed by atoms with E-state index in [1.807, 2.05) is 22.6 Å². The van der Waals surface area contributed by atoms with Crippen LogP contribution in [0.2, 0.25) is 0 Å². The molecule has 6 heteroatoms. The molecule has 0 aromatic carbocycles. The molecule has 29 heavy (non-hydrogen) atoms. The predicted octanol–water partition coefficient (Wildman–Crippen LogP) is 4.64. The molecule has 4 heterocycles. The molecule has 0 bridgehead atoms. The third kappa shape index (κ3) is 3.15. The highest BCUT2D eigenvalue weighted by Crippen LogP contribution is 2.32. The van der Waals surface area contributed by atoms with E-state index >= 15 is 0 Å². The van der Waals surface area contributed by atoms with E-state index in [1.165, 1.54) is 5.69 Å². The summed E-state index contributed by atoms with van der Waals surface area (Å²) in [6.07, 6.45) is 2.09. The number of aromatic nitrogens is 4. The Labute approximate surface area is 172 Å². The summed E-state index contributed by atoms with van der Waals surface area (Å²) in [5.74, 6) is 0.293. The number of carbonyl (C=O) groups excluding carboxylic acids is 1. The van der Waals surface area contributed by atoms with Crippen LogP contribution >= 0.6 is 0 Å². The van der Waals surface area contributed by atoms with Gasteiger partial charge in [-0.3, -0.25) is 4.79 Å². The van der Waals surface area contributed by atoms with Crippen LogP contribution in [0.3, 0.4) is 0 Å². The molecule has 0 aliphatic carbocycles. The van der Waals surface area contributed by atoms with Crippen molar-refractivity contribution in [1.29, 1.82) is 0 Å². The zero-order valence-corrected chi connectivity index (χ0v) is 18.5. The normalized spacial score (nSPS) is 17.2. The molecule has 0 spiro atoms. The summed E-state index contributed by atoms with van der Waals surface area (Å²) < 4.78 is 4.20. The number of carbonyl (C=O) groups is 1. The first kappa shape index (κ1) is 19.7. The number of pyridine rings is 1. The molecule has 0 fully saturated rings. The van der Waals surface area contributed by atoms with E-state index < -0.39 is 0 Å². The fraction of sp³-hybridized carbons (Fsp3) is 0.522. The van der Waals surface area contributed by atoms with E-state index in [1.54, 1.807) is 0 Å². The van der Waals surface area contributed by atoms with Crippen LogP contribution in [0.4, 0.5) is 0 Å². The molecule has 3 aromatic rings. The van der Waals surface area contributed by atoms with Gasteiger partial charge in [0.1, 0.15) is 0 Å². The van der Waals surface area contributed by atoms with Crippen molar-refractivity contribution in [2.75, 3.05) is 6.54 Å². The molecule has 1 unspecified atom stereocenters. The third-order valence-electron chi connectivity index (χ3n) is 5.89. The number of rotatable bonds is 2. The van der Waals surface area contributed by atoms with Gasteiger partial charge in [-0.1, -0.05) is 13.8 Å². The number of nitrogens with zero attached hydrogens (tertiary/aromatic N) is 5. The van der Waals surface area contributed by atoms with Gasteiger partial charge in [0.05, 0.1) is 28.2 Å². The zero-order valence-electron chi connectivity index (χ0n) is 18.5. The van der Waals surface area contributed by atoms with Gasteiger partial charge in [0.15, 0.2) is 5.65 Å². The van der Waals surface area contributed by atoms with Gasteiger partial charge < -0.3 is 9.47 Å². The third-order valence-corrected chi connectivity index (χ3v) is 5.89. The second kappa shape index (κ2) is 6.71. The highest BCUT2D eigenvalue weighted by atomic mass is 16.2. The predicted molar refractivity (Wildman–Crippen MR) is 115 cm³/mol. The van der Waals surface area contributed by atoms with Crippen molar-refractivity contribution in [1.82, 2.24) is 24.2 Å². The monoisotopic (exact) mass is 393 g/mol. The lowest BCUT2D eigenvalue weighted by Crippen LogP contribution is -2.40. The van der Waals surface area contributed by atoms with Crippen molar-refractivity contribution in [3.05, 3.63) is 47.0 Å². The quantitative estimate of drug-likeness (QED) is 0.637. The second-order valence-corrected chi connectivity index (χ2v) is 9.42. The molecule has 4 rings (SSSR count). The average Bonchev–Trinajstić information content (AvgIpc) is 3.25. The number of amides is 1. The van der Waals surface area contributed by atoms with Crippen LogP contribution in [0, 0.1) is 6.92 Å². The molecule has 3 aromatic heterocycles. The fourth-order valence-corrected chi connectivity index (χ4v) is 4.25. The molecule has 0 radical (unpaired) electrons. The first-order valence-corrected chi connectivity index (χ1v) is 10.5. The Morgan fingerprint density at radius 2 is 1.97 bits per heavy atom. The molecule has 0 saturated carbocycles. The van der Waals surface area contributed by atoms with Crippen LogP contribution in [0.25, 0.3) is 11.0 Å². The summed E-state index contributed by atoms with van der Waals surface area (Å²) in [7, 11) is 0. The van der Waals surface area contributed by atoms with Crippen LogP contribution in [0.15, 0.2) is 24.4 Å². The van der Waals surface area contributed by atoms with Crippen LogP contribution in [0.5, 0.6) is 0 Å². The van der Waals surface area contributed by atoms with Crippen LogP contribution in [-0.4, -0.2) is 36.7 Å². The maximum atomic E-state index is 13.8. The van der Waals surface area contributed by atoms with Crippen molar-refractivity contribution < 1.29 is 4.79 Å². The van der Waals surface area contributed by atoms with E-state index in [4.69, 9.17) is 10.1 Å². The summed E-state index contributed by atoms with van der Waals surface area (Å²) in [6.45, 7) is 16.2. The molecule has 1 amide bonds. The number of aryl methyl sites for hydroxylation is 1. The molecule has 0 saturated heterocycles. The summed E-state index contributed by atoms with van der Waals surface area (Å²) >= 11 is 0. The van der Waals surface area contributed by atoms with Crippen LogP contribution in [-0.2, 0) is 12.1 Å². The Kier molecular flexibility index (Phi) is 4.56. The van der Waals surface area contributed by atoms with Crippen molar-refractivity contribution in [2.24, 2.45) is 0 Å². The van der Waals surface area contributed by atoms with Crippen molar-refractivity contribution in [2.45, 2.75) is 72.5 Å². The van der Waals surface area contributed by atoms with Gasteiger partial charge in [-0.05, 0) is 58.7 Å². The molecule has 1 aliphatic rings. The highest BCUT2D eigenvalue weighted by molar-refractivity contribution is 6.06. The van der Waals surface area contributed by atoms with Gasteiger partial charge in [-0.15, -0.1) is 0 Å². The Hall–Kier alpha value is -2.63. The van der Waals surface area contributed by atoms with Gasteiger partial charge in [0.2, 0.25) is 0 Å². The Balaban J connectivity index is 1.89. The summed E-state index contributed by atoms with van der Waals surface area (Å²) in [5.41, 5.74) is 4.28. The molecule has 0 N–H and O–H groups in total. The lowest BCUT2D eigenvalue weighted by molar-refractivity contribution is 0.0646. The average molecular weight is 394 g/mol. The van der Waals surface area contributed by atoms with Crippen LogP contribution in [0.1, 0.15) is 80.9 Å². The van der Waals surface area contributed by atoms with Gasteiger partial charge in [-0.2, -0.15) is 5.10 Å². The molecule has 1 aliphatic heterocycles. The summed E-state index contributed by atoms with van der Waals surface area (Å²) in [4.78, 5) is 20.7. The van der Waals surface area contributed by atoms with E-state index in [0.29, 0.717) is 6.54 Å². The Morgan fingerprint density at radius 3 is 2.62 bits per heavy atom. The second-order valence-electron chi connectivity index (χ2n) is 9.42. The maximum absolute atomic E-state index is 13.8. The maximum Gasteiger partial charge on any atom is 0.255 e. The molecule has 1 atom stereocenters. The number of fused-ring (bicyclic) bond motifs is 2. The molecule has 154 valence electrons. The van der Waals surface area contributed by atoms with Gasteiger partial charge in [0, 0.05) is 30.7 Å². The van der Waals surface area contributed by atoms with Gasteiger partial charge >= 0.3 is 0 Å². The highest BCUT2D eigenvalue weighted by Gasteiger charge is 2.32. The molecular weight excluding hydrogens is 362 g/mol. The largest absolute Gasteiger partial charge is 0.348 e. The van der Waals surface area contributed by atoms with E-state index in [-0.39, 0.29) is 23.4 Å².